The van der Waals surface area contributed by atoms with Gasteiger partial charge in [-0.1, -0.05) is 11.6 Å². The number of pyridine rings is 1. The molecule has 0 saturated heterocycles. The Morgan fingerprint density at radius 1 is 1.48 bits per heavy atom. The van der Waals surface area contributed by atoms with Crippen LogP contribution < -0.4 is 11.1 Å². The molecule has 3 aromatic heterocycles. The summed E-state index contributed by atoms with van der Waals surface area (Å²) in [7, 11) is 0. The molecule has 0 fully saturated rings. The Labute approximate surface area is 174 Å². The molecule has 0 aliphatic heterocycles. The van der Waals surface area contributed by atoms with Crippen LogP contribution in [0, 0.1) is 0 Å². The smallest absolute Gasteiger partial charge is 0.131 e. The van der Waals surface area contributed by atoms with Crippen molar-refractivity contribution in [2.75, 3.05) is 5.32 Å². The average Bonchev–Trinajstić information content (AvgIpc) is 3.13. The quantitative estimate of drug-likeness (QED) is 0.432. The molecule has 10 heteroatoms. The van der Waals surface area contributed by atoms with Crippen LogP contribution in [0.4, 0.5) is 5.69 Å². The lowest BCUT2D eigenvalue weighted by atomic mass is 10.1. The van der Waals surface area contributed by atoms with Gasteiger partial charge in [-0.2, -0.15) is 0 Å². The molecule has 0 aliphatic carbocycles. The number of nitrogens with two attached hydrogens (primary N) is 1. The van der Waals surface area contributed by atoms with Crippen LogP contribution >= 0.6 is 63.7 Å². The van der Waals surface area contributed by atoms with Crippen LogP contribution in [-0.4, -0.2) is 16.1 Å². The van der Waals surface area contributed by atoms with Crippen LogP contribution in [0.1, 0.15) is 23.7 Å². The second-order valence-corrected chi connectivity index (χ2v) is 7.42. The van der Waals surface area contributed by atoms with Gasteiger partial charge in [-0.05, 0) is 35.0 Å². The number of thiophene rings is 1. The van der Waals surface area contributed by atoms with Crippen molar-refractivity contribution in [2.24, 2.45) is 5.73 Å². The molecule has 0 bridgehead atoms. The first-order valence-corrected chi connectivity index (χ1v) is 8.94. The molecule has 0 aliphatic rings. The zero-order chi connectivity index (χ0) is 16.6. The maximum absolute atomic E-state index is 10.3. The molecule has 0 radical (unpaired) electrons. The monoisotopic (exact) mass is 487 g/mol. The lowest BCUT2D eigenvalue weighted by Gasteiger charge is -2.12. The molecule has 0 spiro atoms. The summed E-state index contributed by atoms with van der Waals surface area (Å²) in [4.78, 5) is 5.10. The predicted octanol–water partition coefficient (Wildman–Crippen LogP) is 5.14. The Morgan fingerprint density at radius 2 is 2.20 bits per heavy atom. The van der Waals surface area contributed by atoms with Gasteiger partial charge in [0.2, 0.25) is 0 Å². The Morgan fingerprint density at radius 3 is 2.80 bits per heavy atom. The van der Waals surface area contributed by atoms with E-state index in [2.05, 4.69) is 26.2 Å². The molecule has 2 atom stereocenters. The van der Waals surface area contributed by atoms with Gasteiger partial charge < -0.3 is 20.6 Å². The summed E-state index contributed by atoms with van der Waals surface area (Å²) >= 11 is 11.1. The fourth-order valence-corrected chi connectivity index (χ4v) is 4.50. The fraction of sp³-hybridized carbons (Fsp3) is 0.267. The molecular weight excluding hydrogens is 473 g/mol. The number of fused-ring (bicyclic) bond motifs is 1. The molecule has 3 rings (SSSR count). The number of anilines is 1. The van der Waals surface area contributed by atoms with E-state index in [0.717, 1.165) is 25.5 Å². The SMILES string of the molecule is C[C@H](N)C(O)c1sc2c(NCc3ccco3)cc(Cl)nc2c1Br.Cl.Cl. The topological polar surface area (TPSA) is 84.3 Å². The maximum Gasteiger partial charge on any atom is 0.131 e. The Bertz CT molecular complexity index is 827. The molecule has 0 aromatic carbocycles. The summed E-state index contributed by atoms with van der Waals surface area (Å²) in [5, 5.41) is 14.0. The number of nitrogens with one attached hydrogen (secondary N) is 1. The third-order valence-corrected chi connectivity index (χ3v) is 5.92. The average molecular weight is 490 g/mol. The van der Waals surface area contributed by atoms with Crippen LogP contribution in [0.25, 0.3) is 10.2 Å². The van der Waals surface area contributed by atoms with E-state index in [1.54, 1.807) is 19.3 Å². The van der Waals surface area contributed by atoms with Crippen molar-refractivity contribution < 1.29 is 9.52 Å². The molecular formula is C15H17BrCl3N3O2S. The highest BCUT2D eigenvalue weighted by atomic mass is 79.9. The van der Waals surface area contributed by atoms with Crippen LogP contribution in [0.3, 0.4) is 0 Å². The van der Waals surface area contributed by atoms with Crippen LogP contribution in [0.15, 0.2) is 33.4 Å². The molecule has 3 heterocycles. The molecule has 5 nitrogen and oxygen atoms in total. The number of aliphatic hydroxyl groups excluding tert-OH is 1. The van der Waals surface area contributed by atoms with Gasteiger partial charge in [-0.25, -0.2) is 4.98 Å². The standard InChI is InChI=1S/C15H15BrClN3O2S.2ClH/c1-7(18)13(21)15-11(16)12-14(23-15)9(5-10(17)20-12)19-6-8-3-2-4-22-8;;/h2-5,7,13,21H,6,18H2,1H3,(H,19,20);2*1H/t7-,13?;;/m0../s1. The lowest BCUT2D eigenvalue weighted by Crippen LogP contribution is -2.23. The van der Waals surface area contributed by atoms with Crippen molar-refractivity contribution in [2.45, 2.75) is 25.6 Å². The highest BCUT2D eigenvalue weighted by molar-refractivity contribution is 9.10. The Balaban J connectivity index is 0.00000156. The molecule has 4 N–H and O–H groups in total. The number of rotatable bonds is 5. The summed E-state index contributed by atoms with van der Waals surface area (Å²) in [6.07, 6.45) is 0.866. The van der Waals surface area contributed by atoms with Crippen molar-refractivity contribution >= 4 is 79.6 Å². The summed E-state index contributed by atoms with van der Waals surface area (Å²) in [6, 6.07) is 5.11. The van der Waals surface area contributed by atoms with Gasteiger partial charge in [0.15, 0.2) is 0 Å². The van der Waals surface area contributed by atoms with Crippen LogP contribution in [0.2, 0.25) is 5.15 Å². The minimum Gasteiger partial charge on any atom is -0.467 e. The molecule has 3 aromatic rings. The number of hydrogen-bond donors (Lipinski definition) is 3. The first-order valence-electron chi connectivity index (χ1n) is 6.95. The largest absolute Gasteiger partial charge is 0.467 e. The summed E-state index contributed by atoms with van der Waals surface area (Å²) in [5.41, 5.74) is 7.36. The van der Waals surface area contributed by atoms with Crippen LogP contribution in [0.5, 0.6) is 0 Å². The number of hydrogen-bond acceptors (Lipinski definition) is 6. The van der Waals surface area contributed by atoms with E-state index in [9.17, 15) is 5.11 Å². The minimum absolute atomic E-state index is 0. The van der Waals surface area contributed by atoms with Gasteiger partial charge >= 0.3 is 0 Å². The maximum atomic E-state index is 10.3. The van der Waals surface area contributed by atoms with E-state index >= 15 is 0 Å². The van der Waals surface area contributed by atoms with E-state index in [0.29, 0.717) is 17.2 Å². The number of aliphatic hydroxyl groups is 1. The van der Waals surface area contributed by atoms with Crippen molar-refractivity contribution in [1.82, 2.24) is 4.98 Å². The van der Waals surface area contributed by atoms with Gasteiger partial charge in [0.05, 0.1) is 38.1 Å². The van der Waals surface area contributed by atoms with Gasteiger partial charge in [0.1, 0.15) is 17.0 Å². The number of nitrogens with zero attached hydrogens (tertiary/aromatic N) is 1. The summed E-state index contributed by atoms with van der Waals surface area (Å²) in [6.45, 7) is 2.29. The lowest BCUT2D eigenvalue weighted by molar-refractivity contribution is 0.156. The molecule has 1 unspecified atom stereocenters. The molecule has 138 valence electrons. The van der Waals surface area contributed by atoms with E-state index in [1.807, 2.05) is 12.1 Å². The predicted molar refractivity (Wildman–Crippen MR) is 111 cm³/mol. The highest BCUT2D eigenvalue weighted by Crippen LogP contribution is 2.43. The Hall–Kier alpha value is -0.540. The number of halogens is 4. The second kappa shape index (κ2) is 9.41. The molecule has 0 amide bonds. The van der Waals surface area contributed by atoms with E-state index < -0.39 is 6.10 Å². The summed E-state index contributed by atoms with van der Waals surface area (Å²) in [5.74, 6) is 0.817. The minimum atomic E-state index is -0.764. The van der Waals surface area contributed by atoms with Gasteiger partial charge in [-0.15, -0.1) is 36.2 Å². The van der Waals surface area contributed by atoms with Crippen molar-refractivity contribution in [3.63, 3.8) is 0 Å². The van der Waals surface area contributed by atoms with E-state index in [4.69, 9.17) is 21.8 Å². The highest BCUT2D eigenvalue weighted by Gasteiger charge is 2.23. The third kappa shape index (κ3) is 4.80. The second-order valence-electron chi connectivity index (χ2n) is 5.19. The molecule has 0 saturated carbocycles. The Kier molecular flexibility index (Phi) is 8.47. The van der Waals surface area contributed by atoms with Crippen molar-refractivity contribution in [3.05, 3.63) is 44.7 Å². The van der Waals surface area contributed by atoms with E-state index in [1.165, 1.54) is 11.3 Å². The zero-order valence-corrected chi connectivity index (χ0v) is 17.8. The van der Waals surface area contributed by atoms with Crippen molar-refractivity contribution in [1.29, 1.82) is 0 Å². The number of furan rings is 1. The van der Waals surface area contributed by atoms with Gasteiger partial charge in [-0.3, -0.25) is 0 Å². The van der Waals surface area contributed by atoms with Gasteiger partial charge in [0.25, 0.3) is 0 Å². The fourth-order valence-electron chi connectivity index (χ4n) is 2.18. The van der Waals surface area contributed by atoms with Gasteiger partial charge in [0, 0.05) is 12.1 Å². The van der Waals surface area contributed by atoms with E-state index in [-0.39, 0.29) is 30.9 Å². The summed E-state index contributed by atoms with van der Waals surface area (Å²) < 4.78 is 6.96. The van der Waals surface area contributed by atoms with Crippen LogP contribution in [-0.2, 0) is 6.54 Å². The number of aromatic nitrogens is 1. The third-order valence-electron chi connectivity index (χ3n) is 3.38. The normalized spacial score (nSPS) is 13.0. The first kappa shape index (κ1) is 22.5. The van der Waals surface area contributed by atoms with Crippen molar-refractivity contribution in [3.8, 4) is 0 Å². The zero-order valence-electron chi connectivity index (χ0n) is 13.0. The first-order chi connectivity index (χ1) is 11.0. The molecule has 25 heavy (non-hydrogen) atoms.